The third-order valence-corrected chi connectivity index (χ3v) is 3.70. The maximum absolute atomic E-state index is 12.0. The highest BCUT2D eigenvalue weighted by Crippen LogP contribution is 2.45. The van der Waals surface area contributed by atoms with Crippen molar-refractivity contribution >= 4 is 11.9 Å². The van der Waals surface area contributed by atoms with Gasteiger partial charge in [-0.3, -0.25) is 9.59 Å². The Kier molecular flexibility index (Phi) is 3.21. The number of nitrogens with one attached hydrogen (secondary N) is 1. The zero-order chi connectivity index (χ0) is 14.9. The van der Waals surface area contributed by atoms with Gasteiger partial charge in [-0.05, 0) is 12.8 Å². The number of benzene rings is 1. The monoisotopic (exact) mass is 286 g/mol. The van der Waals surface area contributed by atoms with Crippen LogP contribution < -0.4 is 5.32 Å². The van der Waals surface area contributed by atoms with E-state index in [0.717, 1.165) is 5.56 Å². The molecule has 1 aliphatic carbocycles. The second-order valence-electron chi connectivity index (χ2n) is 5.21. The Morgan fingerprint density at radius 1 is 1.29 bits per heavy atom. The average Bonchev–Trinajstić information content (AvgIpc) is 3.14. The Balaban J connectivity index is 1.66. The number of aromatic nitrogens is 1. The molecule has 0 saturated heterocycles. The van der Waals surface area contributed by atoms with Crippen LogP contribution in [-0.4, -0.2) is 28.7 Å². The van der Waals surface area contributed by atoms with E-state index in [2.05, 4.69) is 10.5 Å². The topological polar surface area (TPSA) is 92.4 Å². The van der Waals surface area contributed by atoms with Crippen molar-refractivity contribution in [1.82, 2.24) is 10.5 Å². The molecule has 0 aliphatic heterocycles. The van der Waals surface area contributed by atoms with Gasteiger partial charge in [0.2, 0.25) is 0 Å². The number of nitrogens with zero attached hydrogens (tertiary/aromatic N) is 1. The van der Waals surface area contributed by atoms with Crippen LogP contribution in [0.2, 0.25) is 0 Å². The Morgan fingerprint density at radius 3 is 2.62 bits per heavy atom. The number of carbonyl (C=O) groups is 2. The molecule has 3 rings (SSSR count). The fourth-order valence-electron chi connectivity index (χ4n) is 2.08. The van der Waals surface area contributed by atoms with Crippen LogP contribution in [0.4, 0.5) is 0 Å². The highest BCUT2D eigenvalue weighted by molar-refractivity contribution is 5.93. The summed E-state index contributed by atoms with van der Waals surface area (Å²) in [4.78, 5) is 23.0. The van der Waals surface area contributed by atoms with Gasteiger partial charge in [0.1, 0.15) is 0 Å². The van der Waals surface area contributed by atoms with Gasteiger partial charge in [-0.15, -0.1) is 0 Å². The summed E-state index contributed by atoms with van der Waals surface area (Å²) in [7, 11) is 0. The second-order valence-corrected chi connectivity index (χ2v) is 5.21. The number of carboxylic acids is 1. The van der Waals surface area contributed by atoms with Gasteiger partial charge in [-0.1, -0.05) is 35.5 Å². The van der Waals surface area contributed by atoms with E-state index < -0.39 is 17.3 Å². The van der Waals surface area contributed by atoms with E-state index in [1.54, 1.807) is 6.07 Å². The molecule has 108 valence electrons. The molecule has 0 spiro atoms. The number of carbonyl (C=O) groups excluding carboxylic acids is 1. The van der Waals surface area contributed by atoms with Gasteiger partial charge >= 0.3 is 5.97 Å². The SMILES string of the molecule is O=C(NCC1(C(=O)O)CC1)c1cc(-c2ccccc2)on1. The molecule has 21 heavy (non-hydrogen) atoms. The van der Waals surface area contributed by atoms with E-state index in [-0.39, 0.29) is 12.2 Å². The van der Waals surface area contributed by atoms with Gasteiger partial charge in [0.25, 0.3) is 5.91 Å². The predicted octanol–water partition coefficient (Wildman–Crippen LogP) is 1.94. The summed E-state index contributed by atoms with van der Waals surface area (Å²) >= 11 is 0. The lowest BCUT2D eigenvalue weighted by molar-refractivity contribution is -0.143. The van der Waals surface area contributed by atoms with Crippen molar-refractivity contribution in [1.29, 1.82) is 0 Å². The van der Waals surface area contributed by atoms with Crippen molar-refractivity contribution in [3.8, 4) is 11.3 Å². The molecule has 1 aliphatic rings. The van der Waals surface area contributed by atoms with Gasteiger partial charge in [0.05, 0.1) is 5.41 Å². The maximum atomic E-state index is 12.0. The lowest BCUT2D eigenvalue weighted by atomic mass is 10.1. The van der Waals surface area contributed by atoms with Crippen molar-refractivity contribution in [2.24, 2.45) is 5.41 Å². The lowest BCUT2D eigenvalue weighted by Crippen LogP contribution is -2.34. The Morgan fingerprint density at radius 2 is 2.00 bits per heavy atom. The third-order valence-electron chi connectivity index (χ3n) is 3.70. The third kappa shape index (κ3) is 2.65. The molecule has 1 saturated carbocycles. The first-order chi connectivity index (χ1) is 10.1. The summed E-state index contributed by atoms with van der Waals surface area (Å²) in [6, 6.07) is 10.9. The predicted molar refractivity (Wildman–Crippen MR) is 73.6 cm³/mol. The highest BCUT2D eigenvalue weighted by Gasteiger charge is 2.50. The molecule has 1 aromatic carbocycles. The minimum absolute atomic E-state index is 0.120. The molecule has 1 fully saturated rings. The van der Waals surface area contributed by atoms with E-state index >= 15 is 0 Å². The second kappa shape index (κ2) is 5.05. The zero-order valence-corrected chi connectivity index (χ0v) is 11.2. The molecular weight excluding hydrogens is 272 g/mol. The normalized spacial score (nSPS) is 15.4. The molecule has 1 aromatic heterocycles. The van der Waals surface area contributed by atoms with E-state index in [9.17, 15) is 9.59 Å². The molecule has 0 radical (unpaired) electrons. The molecule has 0 unspecified atom stereocenters. The number of carboxylic acid groups (broad SMARTS) is 1. The Hall–Kier alpha value is -2.63. The summed E-state index contributed by atoms with van der Waals surface area (Å²) in [6.45, 7) is 0.120. The summed E-state index contributed by atoms with van der Waals surface area (Å²) in [5, 5.41) is 15.4. The van der Waals surface area contributed by atoms with Crippen LogP contribution in [-0.2, 0) is 4.79 Å². The minimum Gasteiger partial charge on any atom is -0.481 e. The standard InChI is InChI=1S/C15H14N2O4/c18-13(16-9-15(6-7-15)14(19)20)11-8-12(21-17-11)10-4-2-1-3-5-10/h1-5,8H,6-7,9H2,(H,16,18)(H,19,20). The Labute approximate surface area is 120 Å². The highest BCUT2D eigenvalue weighted by atomic mass is 16.5. The lowest BCUT2D eigenvalue weighted by Gasteiger charge is -2.09. The number of hydrogen-bond acceptors (Lipinski definition) is 4. The summed E-state index contributed by atoms with van der Waals surface area (Å²) in [5.41, 5.74) is 0.185. The molecule has 0 atom stereocenters. The van der Waals surface area contributed by atoms with Crippen LogP contribution in [0.1, 0.15) is 23.3 Å². The average molecular weight is 286 g/mol. The minimum atomic E-state index is -0.868. The van der Waals surface area contributed by atoms with Crippen molar-refractivity contribution < 1.29 is 19.2 Å². The largest absolute Gasteiger partial charge is 0.481 e. The first-order valence-electron chi connectivity index (χ1n) is 6.64. The van der Waals surface area contributed by atoms with Crippen LogP contribution in [0.5, 0.6) is 0 Å². The van der Waals surface area contributed by atoms with E-state index in [1.165, 1.54) is 0 Å². The Bertz CT molecular complexity index is 674. The van der Waals surface area contributed by atoms with Crippen LogP contribution in [0.3, 0.4) is 0 Å². The molecule has 1 amide bonds. The number of rotatable bonds is 5. The summed E-state index contributed by atoms with van der Waals surface area (Å²) in [6.07, 6.45) is 1.19. The molecule has 1 heterocycles. The van der Waals surface area contributed by atoms with Crippen LogP contribution in [0.25, 0.3) is 11.3 Å². The van der Waals surface area contributed by atoms with Gasteiger partial charge in [-0.2, -0.15) is 0 Å². The molecular formula is C15H14N2O4. The summed E-state index contributed by atoms with van der Waals surface area (Å²) < 4.78 is 5.14. The molecule has 0 bridgehead atoms. The quantitative estimate of drug-likeness (QED) is 0.876. The first-order valence-corrected chi connectivity index (χ1v) is 6.64. The maximum Gasteiger partial charge on any atom is 0.311 e. The van der Waals surface area contributed by atoms with Gasteiger partial charge in [0, 0.05) is 18.2 Å². The zero-order valence-electron chi connectivity index (χ0n) is 11.2. The van der Waals surface area contributed by atoms with Gasteiger partial charge in [-0.25, -0.2) is 0 Å². The van der Waals surface area contributed by atoms with Crippen molar-refractivity contribution in [2.45, 2.75) is 12.8 Å². The molecule has 6 nitrogen and oxygen atoms in total. The van der Waals surface area contributed by atoms with Gasteiger partial charge < -0.3 is 14.9 Å². The van der Waals surface area contributed by atoms with Crippen LogP contribution in [0.15, 0.2) is 40.9 Å². The fourth-order valence-corrected chi connectivity index (χ4v) is 2.08. The first kappa shape index (κ1) is 13.4. The van der Waals surface area contributed by atoms with E-state index in [0.29, 0.717) is 18.6 Å². The van der Waals surface area contributed by atoms with E-state index in [1.807, 2.05) is 30.3 Å². The molecule has 6 heteroatoms. The van der Waals surface area contributed by atoms with Crippen molar-refractivity contribution in [2.75, 3.05) is 6.54 Å². The summed E-state index contributed by atoms with van der Waals surface area (Å²) in [5.74, 6) is -0.790. The van der Waals surface area contributed by atoms with Crippen LogP contribution >= 0.6 is 0 Å². The van der Waals surface area contributed by atoms with Gasteiger partial charge in [0.15, 0.2) is 11.5 Å². The van der Waals surface area contributed by atoms with Crippen molar-refractivity contribution in [3.63, 3.8) is 0 Å². The number of aliphatic carboxylic acids is 1. The molecule has 2 aromatic rings. The smallest absolute Gasteiger partial charge is 0.311 e. The van der Waals surface area contributed by atoms with Crippen molar-refractivity contribution in [3.05, 3.63) is 42.1 Å². The van der Waals surface area contributed by atoms with Crippen LogP contribution in [0, 0.1) is 5.41 Å². The number of hydrogen-bond donors (Lipinski definition) is 2. The fraction of sp³-hybridized carbons (Fsp3) is 0.267. The molecule has 2 N–H and O–H groups in total. The van der Waals surface area contributed by atoms with E-state index in [4.69, 9.17) is 9.63 Å². The number of amides is 1.